The number of amides is 3. The van der Waals surface area contributed by atoms with Gasteiger partial charge in [0.25, 0.3) is 0 Å². The first-order valence-electron chi connectivity index (χ1n) is 8.04. The minimum absolute atomic E-state index is 0.150. The quantitative estimate of drug-likeness (QED) is 0.228. The van der Waals surface area contributed by atoms with Crippen LogP contribution in [-0.4, -0.2) is 58.0 Å². The molecule has 148 valence electrons. The molecule has 0 aromatic heterocycles. The van der Waals surface area contributed by atoms with Crippen molar-refractivity contribution in [2.75, 3.05) is 0 Å². The van der Waals surface area contributed by atoms with Gasteiger partial charge in [0.05, 0.1) is 6.04 Å². The fourth-order valence-electron chi connectivity index (χ4n) is 1.92. The van der Waals surface area contributed by atoms with Crippen molar-refractivity contribution in [1.82, 2.24) is 10.6 Å². The molecule has 26 heavy (non-hydrogen) atoms. The molecule has 11 nitrogen and oxygen atoms in total. The van der Waals surface area contributed by atoms with E-state index in [2.05, 4.69) is 10.6 Å². The Morgan fingerprint density at radius 3 is 1.81 bits per heavy atom. The minimum Gasteiger partial charge on any atom is -0.481 e. The molecule has 0 aromatic rings. The van der Waals surface area contributed by atoms with Crippen LogP contribution in [0.25, 0.3) is 0 Å². The van der Waals surface area contributed by atoms with Gasteiger partial charge < -0.3 is 32.3 Å². The van der Waals surface area contributed by atoms with Crippen LogP contribution < -0.4 is 22.1 Å². The summed E-state index contributed by atoms with van der Waals surface area (Å²) in [7, 11) is 0. The van der Waals surface area contributed by atoms with Crippen LogP contribution in [0.5, 0.6) is 0 Å². The molecule has 0 aromatic carbocycles. The third-order valence-electron chi connectivity index (χ3n) is 3.59. The number of carbonyl (C=O) groups is 5. The number of carbonyl (C=O) groups excluding carboxylic acids is 3. The molecule has 3 unspecified atom stereocenters. The molecule has 0 fully saturated rings. The van der Waals surface area contributed by atoms with Crippen molar-refractivity contribution in [3.8, 4) is 0 Å². The van der Waals surface area contributed by atoms with E-state index in [0.717, 1.165) is 0 Å². The van der Waals surface area contributed by atoms with Crippen LogP contribution in [-0.2, 0) is 24.0 Å². The van der Waals surface area contributed by atoms with Gasteiger partial charge in [-0.1, -0.05) is 13.8 Å². The molecular formula is C15H26N4O7. The Balaban J connectivity index is 5.11. The number of carboxylic acid groups (broad SMARTS) is 2. The summed E-state index contributed by atoms with van der Waals surface area (Å²) in [6, 6.07) is -3.59. The summed E-state index contributed by atoms with van der Waals surface area (Å²) in [5, 5.41) is 22.3. The van der Waals surface area contributed by atoms with Crippen molar-refractivity contribution in [2.24, 2.45) is 17.4 Å². The van der Waals surface area contributed by atoms with Crippen LogP contribution in [0.3, 0.4) is 0 Å². The van der Waals surface area contributed by atoms with E-state index in [1.807, 2.05) is 0 Å². The molecule has 0 saturated carbocycles. The summed E-state index contributed by atoms with van der Waals surface area (Å²) in [5.41, 5.74) is 10.7. The molecule has 0 rings (SSSR count). The van der Waals surface area contributed by atoms with E-state index in [4.69, 9.17) is 21.7 Å². The van der Waals surface area contributed by atoms with Crippen molar-refractivity contribution in [1.29, 1.82) is 0 Å². The predicted molar refractivity (Wildman–Crippen MR) is 89.6 cm³/mol. The number of hydrogen-bond acceptors (Lipinski definition) is 6. The van der Waals surface area contributed by atoms with E-state index in [0.29, 0.717) is 0 Å². The van der Waals surface area contributed by atoms with Crippen LogP contribution in [0.15, 0.2) is 0 Å². The number of rotatable bonds is 12. The number of aliphatic carboxylic acids is 2. The molecule has 0 bridgehead atoms. The smallest absolute Gasteiger partial charge is 0.326 e. The van der Waals surface area contributed by atoms with Gasteiger partial charge in [-0.3, -0.25) is 19.2 Å². The van der Waals surface area contributed by atoms with E-state index >= 15 is 0 Å². The molecule has 3 amide bonds. The Bertz CT molecular complexity index is 550. The number of nitrogens with two attached hydrogens (primary N) is 2. The normalized spacial score (nSPS) is 14.2. The van der Waals surface area contributed by atoms with Gasteiger partial charge in [-0.15, -0.1) is 0 Å². The second-order valence-corrected chi connectivity index (χ2v) is 6.17. The summed E-state index contributed by atoms with van der Waals surface area (Å²) in [4.78, 5) is 57.1. The largest absolute Gasteiger partial charge is 0.481 e. The maximum absolute atomic E-state index is 12.3. The van der Waals surface area contributed by atoms with Crippen molar-refractivity contribution in [2.45, 2.75) is 57.7 Å². The lowest BCUT2D eigenvalue weighted by atomic mass is 10.0. The standard InChI is InChI=1S/C15H26N4O7/c1-7(2)12(17)14(24)18-8(3-5-10(16)20)13(23)19-9(15(25)26)4-6-11(21)22/h7-9,12H,3-6,17H2,1-2H3,(H2,16,20)(H,18,24)(H,19,23)(H,21,22)(H,25,26). The lowest BCUT2D eigenvalue weighted by molar-refractivity contribution is -0.143. The van der Waals surface area contributed by atoms with Gasteiger partial charge in [-0.05, 0) is 18.8 Å². The maximum atomic E-state index is 12.3. The second kappa shape index (κ2) is 11.0. The van der Waals surface area contributed by atoms with Crippen molar-refractivity contribution < 1.29 is 34.2 Å². The lowest BCUT2D eigenvalue weighted by Crippen LogP contribution is -2.55. The fraction of sp³-hybridized carbons (Fsp3) is 0.667. The number of primary amides is 1. The van der Waals surface area contributed by atoms with Crippen molar-refractivity contribution in [3.63, 3.8) is 0 Å². The van der Waals surface area contributed by atoms with Crippen molar-refractivity contribution >= 4 is 29.7 Å². The fourth-order valence-corrected chi connectivity index (χ4v) is 1.92. The number of hydrogen-bond donors (Lipinski definition) is 6. The average Bonchev–Trinajstić information content (AvgIpc) is 2.53. The second-order valence-electron chi connectivity index (χ2n) is 6.17. The summed E-state index contributed by atoms with van der Waals surface area (Å²) in [6.45, 7) is 3.41. The number of carboxylic acids is 2. The van der Waals surface area contributed by atoms with E-state index in [1.54, 1.807) is 13.8 Å². The van der Waals surface area contributed by atoms with Gasteiger partial charge in [0.2, 0.25) is 17.7 Å². The Morgan fingerprint density at radius 1 is 0.885 bits per heavy atom. The Kier molecular flexibility index (Phi) is 9.89. The molecular weight excluding hydrogens is 348 g/mol. The highest BCUT2D eigenvalue weighted by atomic mass is 16.4. The van der Waals surface area contributed by atoms with Gasteiger partial charge in [-0.25, -0.2) is 4.79 Å². The van der Waals surface area contributed by atoms with Gasteiger partial charge in [0.15, 0.2) is 0 Å². The molecule has 0 aliphatic carbocycles. The predicted octanol–water partition coefficient (Wildman–Crippen LogP) is -1.85. The third kappa shape index (κ3) is 8.97. The van der Waals surface area contributed by atoms with Crippen LogP contribution in [0.2, 0.25) is 0 Å². The van der Waals surface area contributed by atoms with Gasteiger partial charge in [0.1, 0.15) is 12.1 Å². The van der Waals surface area contributed by atoms with Gasteiger partial charge in [0, 0.05) is 12.8 Å². The first kappa shape index (κ1) is 23.3. The molecule has 0 aliphatic rings. The molecule has 0 radical (unpaired) electrons. The van der Waals surface area contributed by atoms with Crippen LogP contribution in [0.1, 0.15) is 39.5 Å². The number of nitrogens with one attached hydrogen (secondary N) is 2. The molecule has 0 spiro atoms. The molecule has 11 heteroatoms. The van der Waals surface area contributed by atoms with Gasteiger partial charge in [-0.2, -0.15) is 0 Å². The van der Waals surface area contributed by atoms with E-state index < -0.39 is 54.2 Å². The average molecular weight is 374 g/mol. The first-order chi connectivity index (χ1) is 12.0. The first-order valence-corrected chi connectivity index (χ1v) is 8.04. The Hall–Kier alpha value is -2.69. The SMILES string of the molecule is CC(C)C(N)C(=O)NC(CCC(N)=O)C(=O)NC(CCC(=O)O)C(=O)O. The summed E-state index contributed by atoms with van der Waals surface area (Å²) in [5.74, 6) is -5.05. The van der Waals surface area contributed by atoms with Crippen LogP contribution >= 0.6 is 0 Å². The highest BCUT2D eigenvalue weighted by molar-refractivity contribution is 5.92. The molecule has 0 saturated heterocycles. The highest BCUT2D eigenvalue weighted by Gasteiger charge is 2.29. The third-order valence-corrected chi connectivity index (χ3v) is 3.59. The molecule has 0 aliphatic heterocycles. The lowest BCUT2D eigenvalue weighted by Gasteiger charge is -2.23. The maximum Gasteiger partial charge on any atom is 0.326 e. The van der Waals surface area contributed by atoms with E-state index in [-0.39, 0.29) is 25.2 Å². The topological polar surface area (TPSA) is 202 Å². The summed E-state index contributed by atoms with van der Waals surface area (Å²) in [6.07, 6.45) is -1.17. The Morgan fingerprint density at radius 2 is 1.38 bits per heavy atom. The highest BCUT2D eigenvalue weighted by Crippen LogP contribution is 2.05. The molecule has 0 heterocycles. The van der Waals surface area contributed by atoms with E-state index in [9.17, 15) is 24.0 Å². The zero-order chi connectivity index (χ0) is 20.4. The molecule has 8 N–H and O–H groups in total. The zero-order valence-corrected chi connectivity index (χ0v) is 14.7. The summed E-state index contributed by atoms with van der Waals surface area (Å²) >= 11 is 0. The monoisotopic (exact) mass is 374 g/mol. The van der Waals surface area contributed by atoms with Crippen molar-refractivity contribution in [3.05, 3.63) is 0 Å². The minimum atomic E-state index is -1.45. The summed E-state index contributed by atoms with van der Waals surface area (Å²) < 4.78 is 0. The zero-order valence-electron chi connectivity index (χ0n) is 14.7. The Labute approximate surface area is 150 Å². The van der Waals surface area contributed by atoms with Crippen LogP contribution in [0.4, 0.5) is 0 Å². The molecule has 3 atom stereocenters. The van der Waals surface area contributed by atoms with Crippen LogP contribution in [0, 0.1) is 5.92 Å². The van der Waals surface area contributed by atoms with E-state index in [1.165, 1.54) is 0 Å². The van der Waals surface area contributed by atoms with Gasteiger partial charge >= 0.3 is 11.9 Å².